The van der Waals surface area contributed by atoms with Gasteiger partial charge in [0.25, 0.3) is 5.91 Å². The summed E-state index contributed by atoms with van der Waals surface area (Å²) >= 11 is 0. The van der Waals surface area contributed by atoms with Crippen molar-refractivity contribution in [3.05, 3.63) is 23.8 Å². The van der Waals surface area contributed by atoms with E-state index in [1.165, 1.54) is 12.1 Å². The molecule has 3 unspecified atom stereocenters. The minimum Gasteiger partial charge on any atom is -0.504 e. The van der Waals surface area contributed by atoms with Crippen molar-refractivity contribution in [2.45, 2.75) is 39.2 Å². The molecular weight excluding hydrogens is 242 g/mol. The van der Waals surface area contributed by atoms with E-state index in [0.29, 0.717) is 11.8 Å². The standard InChI is InChI=1S/C15H21NO3/c1-3-10-7-8-12(9(10)2)16-15(19)11-5-4-6-13(17)14(11)18/h4-6,9-10,12,17-18H,3,7-8H2,1-2H3,(H,16,19). The Morgan fingerprint density at radius 1 is 1.37 bits per heavy atom. The van der Waals surface area contributed by atoms with Crippen LogP contribution in [-0.4, -0.2) is 22.2 Å². The van der Waals surface area contributed by atoms with Crippen LogP contribution < -0.4 is 5.32 Å². The molecule has 4 heteroatoms. The Morgan fingerprint density at radius 2 is 2.11 bits per heavy atom. The molecule has 0 heterocycles. The first kappa shape index (κ1) is 13.7. The number of phenolic OH excluding ortho intramolecular Hbond substituents is 2. The topological polar surface area (TPSA) is 69.6 Å². The molecule has 1 aliphatic carbocycles. The monoisotopic (exact) mass is 263 g/mol. The van der Waals surface area contributed by atoms with Crippen LogP contribution in [0.25, 0.3) is 0 Å². The maximum absolute atomic E-state index is 12.1. The summed E-state index contributed by atoms with van der Waals surface area (Å²) in [6, 6.07) is 4.58. The van der Waals surface area contributed by atoms with Crippen LogP contribution in [0.1, 0.15) is 43.5 Å². The number of rotatable bonds is 3. The van der Waals surface area contributed by atoms with Crippen LogP contribution in [0.2, 0.25) is 0 Å². The number of para-hydroxylation sites is 1. The lowest BCUT2D eigenvalue weighted by Gasteiger charge is -2.21. The maximum atomic E-state index is 12.1. The average Bonchev–Trinajstić information content (AvgIpc) is 2.73. The van der Waals surface area contributed by atoms with Crippen LogP contribution in [0.5, 0.6) is 11.5 Å². The Hall–Kier alpha value is -1.71. The lowest BCUT2D eigenvalue weighted by Crippen LogP contribution is -2.37. The number of benzene rings is 1. The molecule has 1 aliphatic rings. The van der Waals surface area contributed by atoms with Crippen LogP contribution in [-0.2, 0) is 0 Å². The van der Waals surface area contributed by atoms with E-state index in [0.717, 1.165) is 19.3 Å². The third-order valence-electron chi connectivity index (χ3n) is 4.33. The number of amides is 1. The second-order valence-electron chi connectivity index (χ2n) is 5.36. The molecule has 19 heavy (non-hydrogen) atoms. The molecule has 0 aliphatic heterocycles. The van der Waals surface area contributed by atoms with E-state index in [2.05, 4.69) is 19.2 Å². The third-order valence-corrected chi connectivity index (χ3v) is 4.33. The second kappa shape index (κ2) is 5.51. The molecule has 1 saturated carbocycles. The van der Waals surface area contributed by atoms with E-state index in [4.69, 9.17) is 0 Å². The Balaban J connectivity index is 2.08. The SMILES string of the molecule is CCC1CCC(NC(=O)c2cccc(O)c2O)C1C. The zero-order chi connectivity index (χ0) is 14.0. The van der Waals surface area contributed by atoms with Gasteiger partial charge >= 0.3 is 0 Å². The first-order valence-electron chi connectivity index (χ1n) is 6.86. The van der Waals surface area contributed by atoms with E-state index in [1.807, 2.05) is 0 Å². The van der Waals surface area contributed by atoms with Crippen molar-refractivity contribution in [3.63, 3.8) is 0 Å². The fourth-order valence-corrected chi connectivity index (χ4v) is 2.99. The average molecular weight is 263 g/mol. The quantitative estimate of drug-likeness (QED) is 0.734. The van der Waals surface area contributed by atoms with Crippen molar-refractivity contribution in [2.75, 3.05) is 0 Å². The van der Waals surface area contributed by atoms with Gasteiger partial charge in [-0.1, -0.05) is 26.3 Å². The van der Waals surface area contributed by atoms with Crippen LogP contribution in [0.15, 0.2) is 18.2 Å². The van der Waals surface area contributed by atoms with Crippen molar-refractivity contribution in [1.82, 2.24) is 5.32 Å². The first-order valence-corrected chi connectivity index (χ1v) is 6.86. The molecule has 1 aromatic carbocycles. The fourth-order valence-electron chi connectivity index (χ4n) is 2.99. The number of phenols is 2. The lowest BCUT2D eigenvalue weighted by atomic mass is 9.93. The Bertz CT molecular complexity index is 472. The predicted molar refractivity (Wildman–Crippen MR) is 73.2 cm³/mol. The number of hydrogen-bond acceptors (Lipinski definition) is 3. The fraction of sp³-hybridized carbons (Fsp3) is 0.533. The molecule has 4 nitrogen and oxygen atoms in total. The van der Waals surface area contributed by atoms with Crippen LogP contribution in [0.4, 0.5) is 0 Å². The van der Waals surface area contributed by atoms with Crippen molar-refractivity contribution >= 4 is 5.91 Å². The summed E-state index contributed by atoms with van der Waals surface area (Å²) in [7, 11) is 0. The molecule has 2 rings (SSSR count). The molecule has 0 radical (unpaired) electrons. The summed E-state index contributed by atoms with van der Waals surface area (Å²) in [6.07, 6.45) is 3.24. The highest BCUT2D eigenvalue weighted by Gasteiger charge is 2.33. The molecule has 0 bridgehead atoms. The van der Waals surface area contributed by atoms with Gasteiger partial charge in [-0.15, -0.1) is 0 Å². The van der Waals surface area contributed by atoms with E-state index in [9.17, 15) is 15.0 Å². The second-order valence-corrected chi connectivity index (χ2v) is 5.36. The zero-order valence-corrected chi connectivity index (χ0v) is 11.4. The number of aromatic hydroxyl groups is 2. The smallest absolute Gasteiger partial charge is 0.255 e. The van der Waals surface area contributed by atoms with Crippen LogP contribution in [0, 0.1) is 11.8 Å². The maximum Gasteiger partial charge on any atom is 0.255 e. The van der Waals surface area contributed by atoms with Crippen molar-refractivity contribution in [1.29, 1.82) is 0 Å². The van der Waals surface area contributed by atoms with Gasteiger partial charge in [0.2, 0.25) is 0 Å². The Labute approximate surface area is 113 Å². The van der Waals surface area contributed by atoms with Gasteiger partial charge in [0.05, 0.1) is 5.56 Å². The minimum absolute atomic E-state index is 0.132. The van der Waals surface area contributed by atoms with Crippen molar-refractivity contribution < 1.29 is 15.0 Å². The molecular formula is C15H21NO3. The molecule has 1 amide bonds. The van der Waals surface area contributed by atoms with Crippen LogP contribution >= 0.6 is 0 Å². The third kappa shape index (κ3) is 2.67. The van der Waals surface area contributed by atoms with Gasteiger partial charge in [-0.25, -0.2) is 0 Å². The summed E-state index contributed by atoms with van der Waals surface area (Å²) in [6.45, 7) is 4.33. The number of carbonyl (C=O) groups excluding carboxylic acids is 1. The molecule has 0 spiro atoms. The number of nitrogens with one attached hydrogen (secondary N) is 1. The van der Waals surface area contributed by atoms with E-state index < -0.39 is 0 Å². The highest BCUT2D eigenvalue weighted by atomic mass is 16.3. The van der Waals surface area contributed by atoms with Crippen molar-refractivity contribution in [3.8, 4) is 11.5 Å². The summed E-state index contributed by atoms with van der Waals surface area (Å²) in [5.41, 5.74) is 0.132. The summed E-state index contributed by atoms with van der Waals surface area (Å²) in [5, 5.41) is 22.1. The normalized spacial score (nSPS) is 26.3. The summed E-state index contributed by atoms with van der Waals surface area (Å²) < 4.78 is 0. The molecule has 1 fully saturated rings. The molecule has 3 atom stereocenters. The largest absolute Gasteiger partial charge is 0.504 e. The first-order chi connectivity index (χ1) is 9.04. The van der Waals surface area contributed by atoms with E-state index >= 15 is 0 Å². The number of hydrogen-bond donors (Lipinski definition) is 3. The molecule has 104 valence electrons. The number of carbonyl (C=O) groups is 1. The van der Waals surface area contributed by atoms with Gasteiger partial charge < -0.3 is 15.5 Å². The molecule has 3 N–H and O–H groups in total. The van der Waals surface area contributed by atoms with Gasteiger partial charge in [0.15, 0.2) is 11.5 Å². The van der Waals surface area contributed by atoms with Gasteiger partial charge in [-0.3, -0.25) is 4.79 Å². The lowest BCUT2D eigenvalue weighted by molar-refractivity contribution is 0.0923. The Kier molecular flexibility index (Phi) is 3.98. The van der Waals surface area contributed by atoms with E-state index in [1.54, 1.807) is 6.07 Å². The molecule has 0 aromatic heterocycles. The van der Waals surface area contributed by atoms with Gasteiger partial charge in [-0.05, 0) is 36.8 Å². The van der Waals surface area contributed by atoms with Crippen LogP contribution in [0.3, 0.4) is 0 Å². The Morgan fingerprint density at radius 3 is 2.74 bits per heavy atom. The van der Waals surface area contributed by atoms with Gasteiger partial charge in [0, 0.05) is 6.04 Å². The highest BCUT2D eigenvalue weighted by Crippen LogP contribution is 2.34. The van der Waals surface area contributed by atoms with Gasteiger partial charge in [0.1, 0.15) is 0 Å². The molecule has 1 aromatic rings. The summed E-state index contributed by atoms with van der Waals surface area (Å²) in [4.78, 5) is 12.1. The molecule has 0 saturated heterocycles. The zero-order valence-electron chi connectivity index (χ0n) is 11.4. The predicted octanol–water partition coefficient (Wildman–Crippen LogP) is 2.65. The van der Waals surface area contributed by atoms with Crippen molar-refractivity contribution in [2.24, 2.45) is 11.8 Å². The minimum atomic E-state index is -0.349. The summed E-state index contributed by atoms with van der Waals surface area (Å²) in [5.74, 6) is 0.176. The highest BCUT2D eigenvalue weighted by molar-refractivity contribution is 5.97. The van der Waals surface area contributed by atoms with E-state index in [-0.39, 0.29) is 29.0 Å². The van der Waals surface area contributed by atoms with Gasteiger partial charge in [-0.2, -0.15) is 0 Å².